The first-order valence-electron chi connectivity index (χ1n) is 23.6. The van der Waals surface area contributed by atoms with Crippen molar-refractivity contribution < 1.29 is 4.42 Å². The lowest BCUT2D eigenvalue weighted by Gasteiger charge is -2.39. The Kier molecular flexibility index (Phi) is 7.96. The van der Waals surface area contributed by atoms with E-state index in [4.69, 9.17) is 14.4 Å². The molecule has 69 heavy (non-hydrogen) atoms. The van der Waals surface area contributed by atoms with Crippen LogP contribution in [0.1, 0.15) is 22.3 Å². The molecule has 1 aliphatic heterocycles. The van der Waals surface area contributed by atoms with Crippen LogP contribution in [-0.2, 0) is 5.41 Å². The summed E-state index contributed by atoms with van der Waals surface area (Å²) in [7, 11) is 0. The predicted octanol–water partition coefficient (Wildman–Crippen LogP) is 16.5. The Morgan fingerprint density at radius 3 is 1.67 bits per heavy atom. The average Bonchev–Trinajstić information content (AvgIpc) is 4.08. The first kappa shape index (κ1) is 38.0. The normalized spacial score (nSPS) is 13.0. The molecule has 0 saturated carbocycles. The summed E-state index contributed by atoms with van der Waals surface area (Å²) in [4.78, 5) is 10.4. The van der Waals surface area contributed by atoms with Gasteiger partial charge in [0.15, 0.2) is 5.82 Å². The number of para-hydroxylation sites is 4. The minimum atomic E-state index is -0.473. The van der Waals surface area contributed by atoms with Gasteiger partial charge in [0.05, 0.1) is 33.5 Å². The van der Waals surface area contributed by atoms with E-state index in [9.17, 15) is 0 Å². The Morgan fingerprint density at radius 1 is 0.362 bits per heavy atom. The smallest absolute Gasteiger partial charge is 0.160 e. The first-order valence-corrected chi connectivity index (χ1v) is 23.6. The molecule has 2 aliphatic rings. The number of aromatic nitrogens is 3. The van der Waals surface area contributed by atoms with Gasteiger partial charge in [-0.05, 0) is 74.3 Å². The number of nitrogens with zero attached hydrogens (tertiary/aromatic N) is 3. The monoisotopic (exact) mass is 877 g/mol. The average molecular weight is 878 g/mol. The first-order chi connectivity index (χ1) is 34.2. The predicted molar refractivity (Wildman–Crippen MR) is 282 cm³/mol. The van der Waals surface area contributed by atoms with Gasteiger partial charge in [-0.15, -0.1) is 0 Å². The van der Waals surface area contributed by atoms with Gasteiger partial charge in [-0.2, -0.15) is 0 Å². The molecule has 15 rings (SSSR count). The summed E-state index contributed by atoms with van der Waals surface area (Å²) in [6, 6.07) is 85.5. The minimum Gasteiger partial charge on any atom is -0.455 e. The Bertz CT molecular complexity index is 4190. The van der Waals surface area contributed by atoms with Crippen molar-refractivity contribution in [3.05, 3.63) is 259 Å². The highest BCUT2D eigenvalue weighted by Gasteiger charge is 2.50. The second-order valence-electron chi connectivity index (χ2n) is 18.4. The molecule has 10 aromatic carbocycles. The highest BCUT2D eigenvalue weighted by Crippen LogP contribution is 2.61. The Labute approximate surface area is 398 Å². The van der Waals surface area contributed by atoms with Crippen LogP contribution in [0.4, 0.5) is 0 Å². The van der Waals surface area contributed by atoms with Gasteiger partial charge in [0.2, 0.25) is 0 Å². The number of hydrogen-bond acceptors (Lipinski definition) is 3. The Balaban J connectivity index is 0.871. The summed E-state index contributed by atoms with van der Waals surface area (Å²) in [5.74, 6) is 0.674. The van der Waals surface area contributed by atoms with Gasteiger partial charge in [-0.25, -0.2) is 9.97 Å². The van der Waals surface area contributed by atoms with Crippen molar-refractivity contribution in [2.45, 2.75) is 5.41 Å². The third-order valence-electron chi connectivity index (χ3n) is 14.9. The van der Waals surface area contributed by atoms with Crippen molar-refractivity contribution in [3.8, 4) is 73.0 Å². The molecule has 0 saturated heterocycles. The number of benzene rings is 10. The van der Waals surface area contributed by atoms with E-state index < -0.39 is 5.41 Å². The fourth-order valence-electron chi connectivity index (χ4n) is 11.9. The minimum absolute atomic E-state index is 0.473. The molecule has 0 atom stereocenters. The quantitative estimate of drug-likeness (QED) is 0.173. The Morgan fingerprint density at radius 2 is 0.913 bits per heavy atom. The van der Waals surface area contributed by atoms with E-state index in [1.54, 1.807) is 0 Å². The molecule has 0 amide bonds. The third kappa shape index (κ3) is 5.34. The second kappa shape index (κ2) is 14.4. The van der Waals surface area contributed by atoms with Gasteiger partial charge in [0, 0.05) is 43.8 Å². The lowest BCUT2D eigenvalue weighted by Crippen LogP contribution is -2.33. The molecule has 0 unspecified atom stereocenters. The number of furan rings is 1. The molecule has 320 valence electrons. The van der Waals surface area contributed by atoms with E-state index in [2.05, 4.69) is 223 Å². The molecule has 4 heterocycles. The molecular weight excluding hydrogens is 839 g/mol. The summed E-state index contributed by atoms with van der Waals surface area (Å²) in [6.45, 7) is 0. The van der Waals surface area contributed by atoms with E-state index in [-0.39, 0.29) is 0 Å². The molecule has 0 fully saturated rings. The topological polar surface area (TPSA) is 43.9 Å². The SMILES string of the molecule is c1ccc(-c2cc(-c3ccc(-c4ccc5c6c4c4ccccc4n6-c4ccccc4C54c5ccccc5-c5ccccc54)cc3)nc(-c3ccc(-c4cccc5c4oc4ccccc45)cc3)n2)cc1. The van der Waals surface area contributed by atoms with Crippen LogP contribution in [0.25, 0.3) is 117 Å². The molecule has 0 radical (unpaired) electrons. The fraction of sp³-hybridized carbons (Fsp3) is 0.0154. The highest BCUT2D eigenvalue weighted by atomic mass is 16.3. The lowest BCUT2D eigenvalue weighted by molar-refractivity contribution is 0.670. The van der Waals surface area contributed by atoms with Crippen molar-refractivity contribution in [2.24, 2.45) is 0 Å². The van der Waals surface area contributed by atoms with Gasteiger partial charge in [-0.3, -0.25) is 0 Å². The van der Waals surface area contributed by atoms with Gasteiger partial charge in [0.1, 0.15) is 11.2 Å². The number of fused-ring (bicyclic) bond motifs is 15. The van der Waals surface area contributed by atoms with Crippen LogP contribution in [0, 0.1) is 0 Å². The van der Waals surface area contributed by atoms with E-state index in [0.29, 0.717) is 5.82 Å². The van der Waals surface area contributed by atoms with Crippen LogP contribution in [0.2, 0.25) is 0 Å². The molecule has 4 heteroatoms. The Hall–Kier alpha value is -9.12. The summed E-state index contributed by atoms with van der Waals surface area (Å²) in [5.41, 5.74) is 22.1. The fourth-order valence-corrected chi connectivity index (χ4v) is 11.9. The van der Waals surface area contributed by atoms with E-state index >= 15 is 0 Å². The summed E-state index contributed by atoms with van der Waals surface area (Å²) in [6.07, 6.45) is 0. The van der Waals surface area contributed by atoms with Crippen molar-refractivity contribution in [2.75, 3.05) is 0 Å². The van der Waals surface area contributed by atoms with E-state index in [0.717, 1.165) is 66.7 Å². The van der Waals surface area contributed by atoms with Crippen molar-refractivity contribution in [1.29, 1.82) is 0 Å². The van der Waals surface area contributed by atoms with Crippen molar-refractivity contribution in [1.82, 2.24) is 14.5 Å². The maximum absolute atomic E-state index is 6.40. The van der Waals surface area contributed by atoms with Gasteiger partial charge >= 0.3 is 0 Å². The largest absolute Gasteiger partial charge is 0.455 e. The summed E-state index contributed by atoms with van der Waals surface area (Å²) < 4.78 is 8.93. The number of rotatable bonds is 5. The van der Waals surface area contributed by atoms with Crippen LogP contribution in [-0.4, -0.2) is 14.5 Å². The highest BCUT2D eigenvalue weighted by molar-refractivity contribution is 6.18. The van der Waals surface area contributed by atoms with Crippen molar-refractivity contribution in [3.63, 3.8) is 0 Å². The molecule has 0 bridgehead atoms. The maximum atomic E-state index is 6.40. The second-order valence-corrected chi connectivity index (χ2v) is 18.4. The van der Waals surface area contributed by atoms with E-state index in [1.807, 2.05) is 18.2 Å². The van der Waals surface area contributed by atoms with Crippen LogP contribution in [0.3, 0.4) is 0 Å². The molecule has 1 spiro atoms. The summed E-state index contributed by atoms with van der Waals surface area (Å²) >= 11 is 0. The van der Waals surface area contributed by atoms with Gasteiger partial charge in [-0.1, -0.05) is 212 Å². The number of hydrogen-bond donors (Lipinski definition) is 0. The zero-order valence-electron chi connectivity index (χ0n) is 37.3. The molecule has 1 aliphatic carbocycles. The van der Waals surface area contributed by atoms with Crippen LogP contribution in [0.15, 0.2) is 241 Å². The molecule has 0 N–H and O–H groups in total. The standard InChI is InChI=1S/C65H39N3O/c1-2-15-42(16-3-1)56-39-57(67-64(66-56)44-35-31-41(32-36-44)46-21-14-22-50-49-19-7-13-28-60(49)69-63(46)50)43-33-29-40(30-34-43)45-37-38-55-62-61(45)51-20-6-11-26-58(51)68(62)59-27-12-10-25-54(59)65(55)52-23-8-4-17-47(52)48-18-5-9-24-53(48)65/h1-39H. The van der Waals surface area contributed by atoms with Gasteiger partial charge < -0.3 is 8.98 Å². The lowest BCUT2D eigenvalue weighted by atomic mass is 9.65. The van der Waals surface area contributed by atoms with Crippen LogP contribution in [0.5, 0.6) is 0 Å². The molecular formula is C65H39N3O. The molecule has 4 nitrogen and oxygen atoms in total. The molecule has 3 aromatic heterocycles. The zero-order chi connectivity index (χ0) is 45.2. The van der Waals surface area contributed by atoms with E-state index in [1.165, 1.54) is 66.4 Å². The van der Waals surface area contributed by atoms with Crippen LogP contribution >= 0.6 is 0 Å². The molecule has 13 aromatic rings. The maximum Gasteiger partial charge on any atom is 0.160 e. The summed E-state index contributed by atoms with van der Waals surface area (Å²) in [5, 5.41) is 4.75. The van der Waals surface area contributed by atoms with Crippen LogP contribution < -0.4 is 0 Å². The third-order valence-corrected chi connectivity index (χ3v) is 14.9. The zero-order valence-corrected chi connectivity index (χ0v) is 37.3. The van der Waals surface area contributed by atoms with Gasteiger partial charge in [0.25, 0.3) is 0 Å². The van der Waals surface area contributed by atoms with Crippen molar-refractivity contribution >= 4 is 43.7 Å².